The van der Waals surface area contributed by atoms with E-state index in [2.05, 4.69) is 10.6 Å². The number of carbonyl (C=O) groups is 2. The third-order valence-corrected chi connectivity index (χ3v) is 4.29. The molecule has 112 valence electrons. The van der Waals surface area contributed by atoms with Crippen molar-refractivity contribution in [3.05, 3.63) is 34.9 Å². The fourth-order valence-corrected chi connectivity index (χ4v) is 3.18. The van der Waals surface area contributed by atoms with Crippen molar-refractivity contribution in [1.82, 2.24) is 15.5 Å². The zero-order valence-electron chi connectivity index (χ0n) is 11.6. The highest BCUT2D eigenvalue weighted by atomic mass is 35.5. The molecule has 2 aliphatic heterocycles. The lowest BCUT2D eigenvalue weighted by atomic mass is 10.0. The fraction of sp³-hybridized carbons (Fsp3) is 0.467. The monoisotopic (exact) mass is 307 g/mol. The maximum Gasteiger partial charge on any atom is 0.245 e. The zero-order valence-corrected chi connectivity index (χ0v) is 12.4. The van der Waals surface area contributed by atoms with E-state index in [0.29, 0.717) is 31.0 Å². The number of rotatable bonds is 2. The molecule has 0 spiro atoms. The largest absolute Gasteiger partial charge is 0.344 e. The number of halogens is 1. The van der Waals surface area contributed by atoms with Crippen LogP contribution in [0.4, 0.5) is 0 Å². The molecule has 1 unspecified atom stereocenters. The van der Waals surface area contributed by atoms with E-state index in [9.17, 15) is 9.59 Å². The van der Waals surface area contributed by atoms with Gasteiger partial charge in [-0.1, -0.05) is 23.7 Å². The Labute approximate surface area is 128 Å². The smallest absolute Gasteiger partial charge is 0.245 e. The van der Waals surface area contributed by atoms with Crippen molar-refractivity contribution < 1.29 is 9.59 Å². The van der Waals surface area contributed by atoms with Gasteiger partial charge in [0.2, 0.25) is 11.8 Å². The van der Waals surface area contributed by atoms with Crippen LogP contribution in [0.5, 0.6) is 0 Å². The number of nitrogens with one attached hydrogen (secondary N) is 2. The van der Waals surface area contributed by atoms with Crippen LogP contribution in [-0.4, -0.2) is 42.4 Å². The molecule has 1 aromatic carbocycles. The topological polar surface area (TPSA) is 61.4 Å². The normalized spacial score (nSPS) is 25.8. The van der Waals surface area contributed by atoms with Gasteiger partial charge in [-0.2, -0.15) is 0 Å². The first kappa shape index (κ1) is 14.4. The Morgan fingerprint density at radius 2 is 2.24 bits per heavy atom. The van der Waals surface area contributed by atoms with Gasteiger partial charge in [-0.25, -0.2) is 0 Å². The van der Waals surface area contributed by atoms with E-state index in [1.165, 1.54) is 0 Å². The molecule has 0 aliphatic carbocycles. The van der Waals surface area contributed by atoms with Gasteiger partial charge in [-0.05, 0) is 24.1 Å². The predicted molar refractivity (Wildman–Crippen MR) is 79.9 cm³/mol. The molecule has 6 heteroatoms. The minimum Gasteiger partial charge on any atom is -0.344 e. The molecule has 0 radical (unpaired) electrons. The molecule has 0 aromatic heterocycles. The van der Waals surface area contributed by atoms with E-state index in [1.54, 1.807) is 0 Å². The van der Waals surface area contributed by atoms with Gasteiger partial charge in [0.15, 0.2) is 0 Å². The van der Waals surface area contributed by atoms with Crippen LogP contribution in [0.2, 0.25) is 5.02 Å². The van der Waals surface area contributed by atoms with Crippen molar-refractivity contribution in [2.24, 2.45) is 0 Å². The summed E-state index contributed by atoms with van der Waals surface area (Å²) in [5, 5.41) is 6.74. The number of carbonyl (C=O) groups excluding carboxylic acids is 2. The van der Waals surface area contributed by atoms with Gasteiger partial charge in [0, 0.05) is 31.1 Å². The third kappa shape index (κ3) is 3.04. The molecule has 21 heavy (non-hydrogen) atoms. The highest BCUT2D eigenvalue weighted by Crippen LogP contribution is 2.26. The Morgan fingerprint density at radius 3 is 2.95 bits per heavy atom. The molecule has 0 saturated carbocycles. The fourth-order valence-electron chi connectivity index (χ4n) is 2.98. The first-order chi connectivity index (χ1) is 10.1. The van der Waals surface area contributed by atoms with Crippen LogP contribution in [0.1, 0.15) is 24.4 Å². The summed E-state index contributed by atoms with van der Waals surface area (Å²) in [6.45, 7) is 2.11. The average molecular weight is 308 g/mol. The Bertz CT molecular complexity index is 564. The standard InChI is InChI=1S/C15H18ClN3O2/c16-11-3-1-2-10(8-11)13-9-17-6-7-19(13)15(21)12-4-5-14(20)18-12/h1-3,8,12-13,17H,4-7,9H2,(H,18,20)/t12-,13?/m0/s1. The van der Waals surface area contributed by atoms with Crippen molar-refractivity contribution in [3.63, 3.8) is 0 Å². The van der Waals surface area contributed by atoms with E-state index >= 15 is 0 Å². The lowest BCUT2D eigenvalue weighted by molar-refractivity contribution is -0.137. The van der Waals surface area contributed by atoms with Crippen LogP contribution in [0.25, 0.3) is 0 Å². The Balaban J connectivity index is 1.81. The maximum atomic E-state index is 12.7. The first-order valence-corrected chi connectivity index (χ1v) is 7.59. The van der Waals surface area contributed by atoms with Crippen LogP contribution < -0.4 is 10.6 Å². The van der Waals surface area contributed by atoms with Crippen molar-refractivity contribution in [3.8, 4) is 0 Å². The molecular formula is C15H18ClN3O2. The Hall–Kier alpha value is -1.59. The van der Waals surface area contributed by atoms with Crippen LogP contribution in [0.3, 0.4) is 0 Å². The summed E-state index contributed by atoms with van der Waals surface area (Å²) in [5.41, 5.74) is 1.02. The average Bonchev–Trinajstić information content (AvgIpc) is 2.93. The van der Waals surface area contributed by atoms with Gasteiger partial charge in [0.05, 0.1) is 6.04 Å². The summed E-state index contributed by atoms with van der Waals surface area (Å²) < 4.78 is 0. The summed E-state index contributed by atoms with van der Waals surface area (Å²) in [6.07, 6.45) is 1.02. The van der Waals surface area contributed by atoms with Crippen molar-refractivity contribution in [2.75, 3.05) is 19.6 Å². The van der Waals surface area contributed by atoms with E-state index in [-0.39, 0.29) is 23.9 Å². The van der Waals surface area contributed by atoms with Crippen LogP contribution >= 0.6 is 11.6 Å². The SMILES string of the molecule is O=C1CC[C@@H](C(=O)N2CCNCC2c2cccc(Cl)c2)N1. The van der Waals surface area contributed by atoms with Crippen molar-refractivity contribution in [1.29, 1.82) is 0 Å². The molecule has 3 rings (SSSR count). The predicted octanol–water partition coefficient (Wildman–Crippen LogP) is 1.09. The molecule has 2 saturated heterocycles. The van der Waals surface area contributed by atoms with Crippen LogP contribution in [-0.2, 0) is 9.59 Å². The molecule has 0 bridgehead atoms. The maximum absolute atomic E-state index is 12.7. The van der Waals surface area contributed by atoms with E-state index in [0.717, 1.165) is 12.1 Å². The van der Waals surface area contributed by atoms with Gasteiger partial charge in [-0.3, -0.25) is 9.59 Å². The van der Waals surface area contributed by atoms with Crippen LogP contribution in [0, 0.1) is 0 Å². The van der Waals surface area contributed by atoms with Crippen molar-refractivity contribution >= 4 is 23.4 Å². The van der Waals surface area contributed by atoms with Gasteiger partial charge in [0.1, 0.15) is 6.04 Å². The van der Waals surface area contributed by atoms with E-state index in [1.807, 2.05) is 29.2 Å². The summed E-state index contributed by atoms with van der Waals surface area (Å²) in [5.74, 6) is -0.0323. The minimum absolute atomic E-state index is 0.00678. The molecule has 2 N–H and O–H groups in total. The lowest BCUT2D eigenvalue weighted by Crippen LogP contribution is -2.53. The number of amides is 2. The number of piperazine rings is 1. The zero-order chi connectivity index (χ0) is 14.8. The highest BCUT2D eigenvalue weighted by molar-refractivity contribution is 6.30. The second kappa shape index (κ2) is 6.03. The molecule has 2 aliphatic rings. The van der Waals surface area contributed by atoms with Crippen LogP contribution in [0.15, 0.2) is 24.3 Å². The van der Waals surface area contributed by atoms with Gasteiger partial charge >= 0.3 is 0 Å². The summed E-state index contributed by atoms with van der Waals surface area (Å²) in [6, 6.07) is 7.18. The highest BCUT2D eigenvalue weighted by Gasteiger charge is 2.35. The summed E-state index contributed by atoms with van der Waals surface area (Å²) in [7, 11) is 0. The molecule has 5 nitrogen and oxygen atoms in total. The molecule has 2 atom stereocenters. The van der Waals surface area contributed by atoms with Crippen molar-refractivity contribution in [2.45, 2.75) is 24.9 Å². The van der Waals surface area contributed by atoms with Gasteiger partial charge in [-0.15, -0.1) is 0 Å². The molecule has 2 amide bonds. The molecular weight excluding hydrogens is 290 g/mol. The second-order valence-corrected chi connectivity index (χ2v) is 5.90. The number of benzene rings is 1. The number of hydrogen-bond acceptors (Lipinski definition) is 3. The molecule has 2 heterocycles. The van der Waals surface area contributed by atoms with E-state index < -0.39 is 0 Å². The Kier molecular flexibility index (Phi) is 4.12. The number of nitrogens with zero attached hydrogens (tertiary/aromatic N) is 1. The van der Waals surface area contributed by atoms with Gasteiger partial charge < -0.3 is 15.5 Å². The minimum atomic E-state index is -0.378. The first-order valence-electron chi connectivity index (χ1n) is 7.21. The second-order valence-electron chi connectivity index (χ2n) is 5.47. The third-order valence-electron chi connectivity index (χ3n) is 4.05. The number of hydrogen-bond donors (Lipinski definition) is 2. The Morgan fingerprint density at radius 1 is 1.38 bits per heavy atom. The molecule has 1 aromatic rings. The summed E-state index contributed by atoms with van der Waals surface area (Å²) in [4.78, 5) is 25.8. The molecule has 2 fully saturated rings. The quantitative estimate of drug-likeness (QED) is 0.860. The van der Waals surface area contributed by atoms with Gasteiger partial charge in [0.25, 0.3) is 0 Å². The van der Waals surface area contributed by atoms with E-state index in [4.69, 9.17) is 11.6 Å². The lowest BCUT2D eigenvalue weighted by Gasteiger charge is -2.38. The summed E-state index contributed by atoms with van der Waals surface area (Å²) >= 11 is 6.06.